The highest BCUT2D eigenvalue weighted by molar-refractivity contribution is 5.82. The summed E-state index contributed by atoms with van der Waals surface area (Å²) >= 11 is 0. The van der Waals surface area contributed by atoms with Crippen molar-refractivity contribution >= 4 is 11.7 Å². The molecule has 30 heavy (non-hydrogen) atoms. The van der Waals surface area contributed by atoms with Gasteiger partial charge in [0.1, 0.15) is 5.82 Å². The number of pyridine rings is 1. The van der Waals surface area contributed by atoms with Crippen LogP contribution in [0.4, 0.5) is 10.1 Å². The van der Waals surface area contributed by atoms with E-state index in [9.17, 15) is 4.79 Å². The standard InChI is InChI=1S/C22H17FN4O3/c1-13(14-6-3-2-4-7-14)25-16-10-15(11-24-12-16)17-8-5-9-18(19(17)23)20-26-21(22(28)29)30-27-20/h2-13,25H,1H3,(H,28,29)/t13-/m0/s1. The molecule has 0 spiro atoms. The van der Waals surface area contributed by atoms with Crippen molar-refractivity contribution in [3.05, 3.63) is 84.3 Å². The second kappa shape index (κ2) is 8.12. The van der Waals surface area contributed by atoms with E-state index in [1.54, 1.807) is 30.6 Å². The Hall–Kier alpha value is -4.07. The molecule has 0 bridgehead atoms. The first-order valence-electron chi connectivity index (χ1n) is 9.15. The molecule has 4 aromatic rings. The van der Waals surface area contributed by atoms with Crippen molar-refractivity contribution in [1.82, 2.24) is 15.1 Å². The molecular weight excluding hydrogens is 387 g/mol. The number of aromatic nitrogens is 3. The Kier molecular flexibility index (Phi) is 5.21. The topological polar surface area (TPSA) is 101 Å². The van der Waals surface area contributed by atoms with Gasteiger partial charge in [0.05, 0.1) is 11.3 Å². The molecule has 7 nitrogen and oxygen atoms in total. The van der Waals surface area contributed by atoms with Gasteiger partial charge in [0.15, 0.2) is 0 Å². The summed E-state index contributed by atoms with van der Waals surface area (Å²) in [6.07, 6.45) is 3.22. The number of carbonyl (C=O) groups is 1. The molecule has 0 amide bonds. The summed E-state index contributed by atoms with van der Waals surface area (Å²) in [7, 11) is 0. The number of hydrogen-bond donors (Lipinski definition) is 2. The van der Waals surface area contributed by atoms with E-state index >= 15 is 4.39 Å². The van der Waals surface area contributed by atoms with Gasteiger partial charge < -0.3 is 14.9 Å². The number of carboxylic acid groups (broad SMARTS) is 1. The van der Waals surface area contributed by atoms with Gasteiger partial charge in [-0.05, 0) is 24.6 Å². The van der Waals surface area contributed by atoms with E-state index in [0.717, 1.165) is 11.3 Å². The highest BCUT2D eigenvalue weighted by Gasteiger charge is 2.19. The maximum Gasteiger partial charge on any atom is 0.394 e. The second-order valence-electron chi connectivity index (χ2n) is 6.63. The van der Waals surface area contributed by atoms with Crippen LogP contribution in [0.25, 0.3) is 22.5 Å². The number of aromatic carboxylic acids is 1. The molecule has 1 atom stereocenters. The third-order valence-electron chi connectivity index (χ3n) is 4.58. The van der Waals surface area contributed by atoms with Gasteiger partial charge in [0.2, 0.25) is 5.82 Å². The van der Waals surface area contributed by atoms with Gasteiger partial charge in [-0.2, -0.15) is 4.98 Å². The van der Waals surface area contributed by atoms with Gasteiger partial charge in [-0.25, -0.2) is 9.18 Å². The van der Waals surface area contributed by atoms with Crippen molar-refractivity contribution in [2.75, 3.05) is 5.32 Å². The van der Waals surface area contributed by atoms with Crippen LogP contribution in [0, 0.1) is 5.82 Å². The summed E-state index contributed by atoms with van der Waals surface area (Å²) in [5, 5.41) is 15.8. The van der Waals surface area contributed by atoms with Gasteiger partial charge >= 0.3 is 11.9 Å². The summed E-state index contributed by atoms with van der Waals surface area (Å²) in [4.78, 5) is 18.9. The van der Waals surface area contributed by atoms with Crippen molar-refractivity contribution in [3.63, 3.8) is 0 Å². The third-order valence-corrected chi connectivity index (χ3v) is 4.58. The number of anilines is 1. The van der Waals surface area contributed by atoms with Gasteiger partial charge in [0, 0.05) is 29.6 Å². The molecule has 2 N–H and O–H groups in total. The Balaban J connectivity index is 1.64. The van der Waals surface area contributed by atoms with Crippen LogP contribution in [-0.4, -0.2) is 26.2 Å². The molecule has 8 heteroatoms. The zero-order valence-corrected chi connectivity index (χ0v) is 15.9. The summed E-state index contributed by atoms with van der Waals surface area (Å²) in [5.41, 5.74) is 2.74. The summed E-state index contributed by atoms with van der Waals surface area (Å²) < 4.78 is 19.8. The van der Waals surface area contributed by atoms with Crippen molar-refractivity contribution in [1.29, 1.82) is 0 Å². The number of carboxylic acids is 1. The molecule has 2 aromatic carbocycles. The lowest BCUT2D eigenvalue weighted by Crippen LogP contribution is -2.06. The maximum absolute atomic E-state index is 15.2. The Labute approximate surface area is 171 Å². The lowest BCUT2D eigenvalue weighted by molar-refractivity contribution is 0.0643. The van der Waals surface area contributed by atoms with Crippen LogP contribution in [0.3, 0.4) is 0 Å². The van der Waals surface area contributed by atoms with Crippen LogP contribution in [0.1, 0.15) is 29.2 Å². The van der Waals surface area contributed by atoms with Crippen molar-refractivity contribution in [2.24, 2.45) is 0 Å². The minimum Gasteiger partial charge on any atom is -0.474 e. The van der Waals surface area contributed by atoms with Crippen LogP contribution >= 0.6 is 0 Å². The Bertz CT molecular complexity index is 1190. The average molecular weight is 404 g/mol. The number of rotatable bonds is 6. The number of hydrogen-bond acceptors (Lipinski definition) is 6. The Morgan fingerprint density at radius 3 is 2.60 bits per heavy atom. The SMILES string of the molecule is C[C@H](Nc1cncc(-c2cccc(-c3noc(C(=O)O)n3)c2F)c1)c1ccccc1. The van der Waals surface area contributed by atoms with E-state index in [4.69, 9.17) is 5.11 Å². The molecular formula is C22H17FN4O3. The number of halogens is 1. The van der Waals surface area contributed by atoms with E-state index in [1.165, 1.54) is 6.07 Å². The first kappa shape index (κ1) is 19.3. The fourth-order valence-corrected chi connectivity index (χ4v) is 3.09. The second-order valence-corrected chi connectivity index (χ2v) is 6.63. The smallest absolute Gasteiger partial charge is 0.394 e. The molecule has 0 unspecified atom stereocenters. The molecule has 0 aliphatic carbocycles. The first-order valence-corrected chi connectivity index (χ1v) is 9.15. The normalized spacial score (nSPS) is 11.8. The minimum atomic E-state index is -1.37. The lowest BCUT2D eigenvalue weighted by atomic mass is 10.0. The summed E-state index contributed by atoms with van der Waals surface area (Å²) in [6, 6.07) is 16.5. The highest BCUT2D eigenvalue weighted by atomic mass is 19.1. The van der Waals surface area contributed by atoms with E-state index in [2.05, 4.69) is 25.0 Å². The predicted molar refractivity (Wildman–Crippen MR) is 108 cm³/mol. The van der Waals surface area contributed by atoms with Crippen molar-refractivity contribution in [2.45, 2.75) is 13.0 Å². The van der Waals surface area contributed by atoms with E-state index in [-0.39, 0.29) is 23.0 Å². The molecule has 2 heterocycles. The number of nitrogens with zero attached hydrogens (tertiary/aromatic N) is 3. The predicted octanol–water partition coefficient (Wildman–Crippen LogP) is 4.81. The fourth-order valence-electron chi connectivity index (χ4n) is 3.09. The Morgan fingerprint density at radius 2 is 1.87 bits per heavy atom. The molecule has 150 valence electrons. The van der Waals surface area contributed by atoms with Gasteiger partial charge in [-0.3, -0.25) is 4.98 Å². The number of nitrogens with one attached hydrogen (secondary N) is 1. The Morgan fingerprint density at radius 1 is 1.10 bits per heavy atom. The molecule has 0 aliphatic rings. The highest BCUT2D eigenvalue weighted by Crippen LogP contribution is 2.31. The molecule has 0 radical (unpaired) electrons. The monoisotopic (exact) mass is 404 g/mol. The zero-order valence-electron chi connectivity index (χ0n) is 15.9. The lowest BCUT2D eigenvalue weighted by Gasteiger charge is -2.16. The van der Waals surface area contributed by atoms with Gasteiger partial charge in [-0.1, -0.05) is 47.6 Å². The van der Waals surface area contributed by atoms with Crippen LogP contribution in [0.2, 0.25) is 0 Å². The third kappa shape index (κ3) is 3.88. The molecule has 0 fully saturated rings. The number of benzene rings is 2. The summed E-state index contributed by atoms with van der Waals surface area (Å²) in [6.45, 7) is 2.03. The molecule has 0 saturated heterocycles. The molecule has 2 aromatic heterocycles. The maximum atomic E-state index is 15.2. The quantitative estimate of drug-likeness (QED) is 0.475. The van der Waals surface area contributed by atoms with Gasteiger partial charge in [-0.15, -0.1) is 0 Å². The average Bonchev–Trinajstić information content (AvgIpc) is 3.25. The fraction of sp³-hybridized carbons (Fsp3) is 0.0909. The van der Waals surface area contributed by atoms with Gasteiger partial charge in [0.25, 0.3) is 0 Å². The van der Waals surface area contributed by atoms with E-state index in [1.807, 2.05) is 37.3 Å². The van der Waals surface area contributed by atoms with Crippen LogP contribution in [0.15, 0.2) is 71.5 Å². The van der Waals surface area contributed by atoms with Crippen LogP contribution in [-0.2, 0) is 0 Å². The van der Waals surface area contributed by atoms with Crippen LogP contribution in [0.5, 0.6) is 0 Å². The minimum absolute atomic E-state index is 0.0354. The van der Waals surface area contributed by atoms with E-state index < -0.39 is 17.7 Å². The van der Waals surface area contributed by atoms with Crippen LogP contribution < -0.4 is 5.32 Å². The molecule has 4 rings (SSSR count). The molecule has 0 saturated carbocycles. The summed E-state index contributed by atoms with van der Waals surface area (Å²) in [5.74, 6) is -2.70. The first-order chi connectivity index (χ1) is 14.5. The largest absolute Gasteiger partial charge is 0.474 e. The van der Waals surface area contributed by atoms with Crippen molar-refractivity contribution < 1.29 is 18.8 Å². The van der Waals surface area contributed by atoms with Crippen molar-refractivity contribution in [3.8, 4) is 22.5 Å². The molecule has 0 aliphatic heterocycles. The van der Waals surface area contributed by atoms with E-state index in [0.29, 0.717) is 5.56 Å². The zero-order chi connectivity index (χ0) is 21.1.